The summed E-state index contributed by atoms with van der Waals surface area (Å²) in [6.07, 6.45) is 9.07. The minimum Gasteiger partial charge on any atom is -0.507 e. The Morgan fingerprint density at radius 2 is 1.53 bits per heavy atom. The SMILES string of the molecule is CCCCCCCCCCNCCS(=O)(=O)NC(CCN)C(=O)N(C)C1C(=O)NC(C)C(=O)NC(C(=O)NC(C)C(C)=O)Cc2ccc(O)c(c2)-c2cc1ccc2O. The maximum absolute atomic E-state index is 14.2. The maximum Gasteiger partial charge on any atom is 0.248 e. The van der Waals surface area contributed by atoms with Gasteiger partial charge in [-0.05, 0) is 82.1 Å². The Morgan fingerprint density at radius 3 is 2.17 bits per heavy atom. The highest BCUT2D eigenvalue weighted by molar-refractivity contribution is 7.89. The van der Waals surface area contributed by atoms with Crippen molar-refractivity contribution in [2.75, 3.05) is 32.4 Å². The summed E-state index contributed by atoms with van der Waals surface area (Å²) in [6.45, 7) is 7.15. The third kappa shape index (κ3) is 14.4. The van der Waals surface area contributed by atoms with Gasteiger partial charge < -0.3 is 42.1 Å². The van der Waals surface area contributed by atoms with E-state index in [9.17, 15) is 42.6 Å². The molecule has 0 aromatic heterocycles. The molecule has 4 bridgehead atoms. The fourth-order valence-corrected chi connectivity index (χ4v) is 7.88. The number of ketones is 1. The Kier molecular flexibility index (Phi) is 19.1. The van der Waals surface area contributed by atoms with Crippen LogP contribution in [0.25, 0.3) is 11.1 Å². The predicted octanol–water partition coefficient (Wildman–Crippen LogP) is 2.27. The molecule has 3 rings (SSSR count). The van der Waals surface area contributed by atoms with E-state index in [4.69, 9.17) is 5.73 Å². The molecule has 1 heterocycles. The number of carbonyl (C=O) groups excluding carboxylic acids is 5. The molecular weight excluding hydrogens is 767 g/mol. The maximum atomic E-state index is 14.2. The van der Waals surface area contributed by atoms with Crippen LogP contribution in [0.3, 0.4) is 0 Å². The number of Topliss-reactive ketones (excluding diaryl/α,β-unsaturated/α-hetero) is 1. The second kappa shape index (κ2) is 23.1. The summed E-state index contributed by atoms with van der Waals surface area (Å²) in [5.74, 6) is -4.16. The number of hydrogen-bond donors (Lipinski definition) is 8. The number of nitrogens with two attached hydrogens (primary N) is 1. The van der Waals surface area contributed by atoms with E-state index in [1.807, 2.05) is 0 Å². The number of likely N-dealkylation sites (N-methyl/N-ethyl adjacent to an activating group) is 1. The molecule has 9 N–H and O–H groups in total. The van der Waals surface area contributed by atoms with E-state index >= 15 is 0 Å². The third-order valence-electron chi connectivity index (χ3n) is 10.3. The lowest BCUT2D eigenvalue weighted by Gasteiger charge is -2.32. The molecule has 2 aromatic rings. The normalized spacial score (nSPS) is 18.3. The van der Waals surface area contributed by atoms with Crippen LogP contribution >= 0.6 is 0 Å². The van der Waals surface area contributed by atoms with Crippen molar-refractivity contribution in [2.45, 2.75) is 122 Å². The molecule has 4 amide bonds. The van der Waals surface area contributed by atoms with Gasteiger partial charge in [0.2, 0.25) is 33.7 Å². The first kappa shape index (κ1) is 47.8. The highest BCUT2D eigenvalue weighted by Gasteiger charge is 2.36. The van der Waals surface area contributed by atoms with Gasteiger partial charge in [-0.1, -0.05) is 64.0 Å². The van der Waals surface area contributed by atoms with Gasteiger partial charge in [-0.15, -0.1) is 0 Å². The first-order valence-electron chi connectivity index (χ1n) is 20.2. The average Bonchev–Trinajstić information content (AvgIpc) is 3.17. The molecule has 2 aromatic carbocycles. The number of nitrogens with zero attached hydrogens (tertiary/aromatic N) is 1. The van der Waals surface area contributed by atoms with Crippen molar-refractivity contribution in [3.8, 4) is 22.6 Å². The average molecular weight is 830 g/mol. The van der Waals surface area contributed by atoms with Gasteiger partial charge in [0.05, 0.1) is 11.8 Å². The van der Waals surface area contributed by atoms with Crippen molar-refractivity contribution in [1.29, 1.82) is 0 Å². The van der Waals surface area contributed by atoms with Crippen molar-refractivity contribution in [2.24, 2.45) is 5.73 Å². The van der Waals surface area contributed by atoms with Crippen molar-refractivity contribution in [1.82, 2.24) is 30.9 Å². The van der Waals surface area contributed by atoms with Crippen molar-refractivity contribution in [3.63, 3.8) is 0 Å². The molecule has 0 radical (unpaired) electrons. The van der Waals surface area contributed by atoms with Crippen molar-refractivity contribution < 1.29 is 42.6 Å². The molecule has 16 nitrogen and oxygen atoms in total. The summed E-state index contributed by atoms with van der Waals surface area (Å²) in [5.41, 5.74) is 6.70. The lowest BCUT2D eigenvalue weighted by Crippen LogP contribution is -2.57. The van der Waals surface area contributed by atoms with Gasteiger partial charge in [-0.3, -0.25) is 24.0 Å². The van der Waals surface area contributed by atoms with Crippen molar-refractivity contribution in [3.05, 3.63) is 47.5 Å². The Labute approximate surface area is 342 Å². The van der Waals surface area contributed by atoms with Crippen LogP contribution in [-0.4, -0.2) is 110 Å². The molecule has 58 heavy (non-hydrogen) atoms. The van der Waals surface area contributed by atoms with Gasteiger partial charge >= 0.3 is 0 Å². The Bertz CT molecular complexity index is 1840. The smallest absolute Gasteiger partial charge is 0.248 e. The first-order valence-corrected chi connectivity index (χ1v) is 21.9. The molecule has 5 unspecified atom stereocenters. The van der Waals surface area contributed by atoms with E-state index in [1.54, 1.807) is 6.07 Å². The number of rotatable bonds is 21. The fraction of sp³-hybridized carbons (Fsp3) is 0.585. The molecule has 1 aliphatic rings. The lowest BCUT2D eigenvalue weighted by atomic mass is 9.93. The Hall–Kier alpha value is -4.58. The Balaban J connectivity index is 1.88. The minimum absolute atomic E-state index is 0.0591. The molecule has 17 heteroatoms. The second-order valence-corrected chi connectivity index (χ2v) is 17.0. The van der Waals surface area contributed by atoms with Crippen LogP contribution in [-0.2, 0) is 40.4 Å². The summed E-state index contributed by atoms with van der Waals surface area (Å²) >= 11 is 0. The number of nitrogens with one attached hydrogen (secondary N) is 5. The van der Waals surface area contributed by atoms with Gasteiger partial charge in [-0.2, -0.15) is 0 Å². The predicted molar refractivity (Wildman–Crippen MR) is 222 cm³/mol. The topological polar surface area (TPSA) is 249 Å². The number of phenols is 2. The Morgan fingerprint density at radius 1 is 0.914 bits per heavy atom. The van der Waals surface area contributed by atoms with E-state index in [1.165, 1.54) is 90.3 Å². The van der Waals surface area contributed by atoms with Crippen LogP contribution in [0.1, 0.15) is 103 Å². The van der Waals surface area contributed by atoms with E-state index in [2.05, 4.69) is 32.9 Å². The number of sulfonamides is 1. The van der Waals surface area contributed by atoms with Crippen LogP contribution < -0.4 is 31.7 Å². The zero-order chi connectivity index (χ0) is 43.0. The second-order valence-electron chi connectivity index (χ2n) is 15.1. The van der Waals surface area contributed by atoms with Gasteiger partial charge in [0.15, 0.2) is 5.78 Å². The van der Waals surface area contributed by atoms with Crippen molar-refractivity contribution >= 4 is 39.4 Å². The van der Waals surface area contributed by atoms with Crippen LogP contribution in [0.4, 0.5) is 0 Å². The molecular formula is C41H63N7O9S. The number of fused-ring (bicyclic) bond motifs is 5. The largest absolute Gasteiger partial charge is 0.507 e. The summed E-state index contributed by atoms with van der Waals surface area (Å²) in [6, 6.07) is 2.37. The van der Waals surface area contributed by atoms with E-state index in [0.717, 1.165) is 24.2 Å². The number of benzene rings is 2. The molecule has 0 saturated heterocycles. The highest BCUT2D eigenvalue weighted by Crippen LogP contribution is 2.38. The van der Waals surface area contributed by atoms with Gasteiger partial charge in [0, 0.05) is 31.1 Å². The van der Waals surface area contributed by atoms with Crippen LogP contribution in [0.15, 0.2) is 36.4 Å². The molecule has 322 valence electrons. The van der Waals surface area contributed by atoms with E-state index in [0.29, 0.717) is 12.1 Å². The summed E-state index contributed by atoms with van der Waals surface area (Å²) in [7, 11) is -2.68. The number of phenolic OH excluding ortho intramolecular Hbond substituents is 2. The number of aromatic hydroxyl groups is 2. The van der Waals surface area contributed by atoms with Crippen LogP contribution in [0, 0.1) is 0 Å². The first-order chi connectivity index (χ1) is 27.5. The van der Waals surface area contributed by atoms with Crippen LogP contribution in [0.5, 0.6) is 11.5 Å². The number of hydrogen-bond acceptors (Lipinski definition) is 11. The third-order valence-corrected chi connectivity index (χ3v) is 11.7. The standard InChI is InChI=1S/C41H63N7O9S/c1-6-7-8-9-10-11-12-13-20-43-21-22-58(56,57)47-33(18-19-42)41(55)48(5)37-30-15-17-36(51)32(25-30)31-23-29(14-16-35(31)50)24-34(39(53)44-26(2)28(4)49)46-38(52)27(3)45-40(37)54/h14-17,23,25-27,33-34,37,43,47,50-51H,6-13,18-22,24,42H2,1-5H3,(H,44,53)(H,45,54)(H,46,52). The number of unbranched alkanes of at least 4 members (excludes halogenated alkanes) is 7. The highest BCUT2D eigenvalue weighted by atomic mass is 32.2. The zero-order valence-electron chi connectivity index (χ0n) is 34.4. The molecule has 0 spiro atoms. The van der Waals surface area contributed by atoms with E-state index in [-0.39, 0.29) is 65.7 Å². The number of amides is 4. The minimum atomic E-state index is -3.99. The summed E-state index contributed by atoms with van der Waals surface area (Å²) in [4.78, 5) is 68.2. The van der Waals surface area contributed by atoms with Gasteiger partial charge in [-0.25, -0.2) is 13.1 Å². The van der Waals surface area contributed by atoms with Gasteiger partial charge in [0.25, 0.3) is 0 Å². The molecule has 0 aliphatic carbocycles. The fourth-order valence-electron chi connectivity index (χ4n) is 6.70. The lowest BCUT2D eigenvalue weighted by molar-refractivity contribution is -0.141. The quantitative estimate of drug-likeness (QED) is 0.0848. The molecule has 1 aliphatic heterocycles. The monoisotopic (exact) mass is 829 g/mol. The molecule has 0 saturated carbocycles. The van der Waals surface area contributed by atoms with E-state index < -0.39 is 63.9 Å². The summed E-state index contributed by atoms with van der Waals surface area (Å²) < 4.78 is 28.9. The molecule has 0 fully saturated rings. The summed E-state index contributed by atoms with van der Waals surface area (Å²) in [5, 5.41) is 32.9. The number of carbonyl (C=O) groups is 5. The van der Waals surface area contributed by atoms with Gasteiger partial charge in [0.1, 0.15) is 35.7 Å². The zero-order valence-corrected chi connectivity index (χ0v) is 35.3. The molecule has 5 atom stereocenters. The van der Waals surface area contributed by atoms with Crippen LogP contribution in [0.2, 0.25) is 0 Å².